The summed E-state index contributed by atoms with van der Waals surface area (Å²) in [5, 5.41) is 12.9. The Morgan fingerprint density at radius 3 is 2.89 bits per heavy atom. The Balaban J connectivity index is 2.49. The molecular weight excluding hydrogens is 122 g/mol. The maximum Gasteiger partial charge on any atom is 0.281 e. The molecule has 1 unspecified atom stereocenters. The van der Waals surface area contributed by atoms with Gasteiger partial charge in [0.25, 0.3) is 6.17 Å². The molecule has 0 bridgehead atoms. The minimum atomic E-state index is -0.579. The average molecular weight is 130 g/mol. The van der Waals surface area contributed by atoms with E-state index in [4.69, 9.17) is 0 Å². The van der Waals surface area contributed by atoms with Crippen molar-refractivity contribution in [2.45, 2.75) is 6.17 Å². The van der Waals surface area contributed by atoms with Crippen molar-refractivity contribution in [3.63, 3.8) is 0 Å². The maximum absolute atomic E-state index is 10.1. The van der Waals surface area contributed by atoms with Crippen LogP contribution in [0.15, 0.2) is 0 Å². The van der Waals surface area contributed by atoms with Gasteiger partial charge in [-0.05, 0) is 7.05 Å². The van der Waals surface area contributed by atoms with Gasteiger partial charge < -0.3 is 0 Å². The molecule has 1 heterocycles. The lowest BCUT2D eigenvalue weighted by atomic mass is 10.5. The molecule has 0 saturated carbocycles. The summed E-state index contributed by atoms with van der Waals surface area (Å²) >= 11 is 0. The molecule has 1 atom stereocenters. The first-order valence-electron chi connectivity index (χ1n) is 2.64. The molecule has 0 aromatic rings. The lowest BCUT2D eigenvalue weighted by Gasteiger charge is -2.07. The number of rotatable bonds is 1. The third-order valence-corrected chi connectivity index (χ3v) is 1.31. The summed E-state index contributed by atoms with van der Waals surface area (Å²) in [6.07, 6.45) is -0.579. The van der Waals surface area contributed by atoms with Gasteiger partial charge in [0, 0.05) is 4.92 Å². The summed E-state index contributed by atoms with van der Waals surface area (Å²) in [6, 6.07) is 0. The van der Waals surface area contributed by atoms with Crippen LogP contribution in [0.1, 0.15) is 0 Å². The number of nitrogens with zero attached hydrogens (tertiary/aromatic N) is 2. The van der Waals surface area contributed by atoms with Crippen molar-refractivity contribution in [1.29, 1.82) is 0 Å². The van der Waals surface area contributed by atoms with Crippen molar-refractivity contribution in [1.82, 2.24) is 10.2 Å². The highest BCUT2D eigenvalue weighted by Crippen LogP contribution is 2.03. The van der Waals surface area contributed by atoms with Crippen molar-refractivity contribution in [3.05, 3.63) is 16.8 Å². The zero-order chi connectivity index (χ0) is 6.85. The fraction of sp³-hybridized carbons (Fsp3) is 0.750. The van der Waals surface area contributed by atoms with E-state index in [0.29, 0.717) is 6.54 Å². The molecule has 5 heteroatoms. The van der Waals surface area contributed by atoms with Crippen molar-refractivity contribution >= 4 is 0 Å². The van der Waals surface area contributed by atoms with Crippen LogP contribution in [0.4, 0.5) is 0 Å². The van der Waals surface area contributed by atoms with Gasteiger partial charge >= 0.3 is 0 Å². The summed E-state index contributed by atoms with van der Waals surface area (Å²) in [7, 11) is 1.67. The van der Waals surface area contributed by atoms with Gasteiger partial charge in [-0.15, -0.1) is 0 Å². The Morgan fingerprint density at radius 1 is 2.00 bits per heavy atom. The van der Waals surface area contributed by atoms with E-state index in [9.17, 15) is 10.1 Å². The van der Waals surface area contributed by atoms with Crippen LogP contribution in [-0.4, -0.2) is 29.6 Å². The Hall–Kier alpha value is -0.680. The third kappa shape index (κ3) is 1.17. The van der Waals surface area contributed by atoms with Crippen LogP contribution in [-0.2, 0) is 0 Å². The minimum absolute atomic E-state index is 0.309. The molecule has 5 nitrogen and oxygen atoms in total. The second-order valence-corrected chi connectivity index (χ2v) is 1.97. The van der Waals surface area contributed by atoms with Crippen LogP contribution in [0.5, 0.6) is 0 Å². The number of hydrogen-bond acceptors (Lipinski definition) is 4. The van der Waals surface area contributed by atoms with Crippen molar-refractivity contribution < 1.29 is 4.92 Å². The fourth-order valence-corrected chi connectivity index (χ4v) is 0.755. The molecule has 0 aromatic heterocycles. The van der Waals surface area contributed by atoms with Gasteiger partial charge in [-0.1, -0.05) is 0 Å². The van der Waals surface area contributed by atoms with Gasteiger partial charge in [0.2, 0.25) is 0 Å². The van der Waals surface area contributed by atoms with Crippen LogP contribution in [0.3, 0.4) is 0 Å². The average Bonchev–Trinajstić information content (AvgIpc) is 2.13. The zero-order valence-electron chi connectivity index (χ0n) is 5.07. The van der Waals surface area contributed by atoms with Gasteiger partial charge in [-0.2, -0.15) is 0 Å². The number of hydrogen-bond donors (Lipinski definition) is 1. The standard InChI is InChI=1S/C4H8N3O2/c1-6-3-5-2-4(6)7(8)9/h3-5H,2H2,1H3. The molecule has 0 aromatic carbocycles. The van der Waals surface area contributed by atoms with Gasteiger partial charge in [0.05, 0.1) is 13.2 Å². The largest absolute Gasteiger partial charge is 0.291 e. The predicted molar refractivity (Wildman–Crippen MR) is 30.8 cm³/mol. The van der Waals surface area contributed by atoms with Crippen molar-refractivity contribution in [3.8, 4) is 0 Å². The maximum atomic E-state index is 10.1. The molecule has 1 saturated heterocycles. The predicted octanol–water partition coefficient (Wildman–Crippen LogP) is -0.757. The Kier molecular flexibility index (Phi) is 1.63. The van der Waals surface area contributed by atoms with E-state index >= 15 is 0 Å². The van der Waals surface area contributed by atoms with Crippen LogP contribution in [0.25, 0.3) is 0 Å². The zero-order valence-corrected chi connectivity index (χ0v) is 5.07. The number of likely N-dealkylation sites (N-methyl/N-ethyl adjacent to an activating group) is 1. The van der Waals surface area contributed by atoms with Gasteiger partial charge in [-0.3, -0.25) is 15.4 Å². The van der Waals surface area contributed by atoms with E-state index in [2.05, 4.69) is 5.32 Å². The summed E-state index contributed by atoms with van der Waals surface area (Å²) in [5.41, 5.74) is 0. The van der Waals surface area contributed by atoms with E-state index in [-0.39, 0.29) is 4.92 Å². The summed E-state index contributed by atoms with van der Waals surface area (Å²) in [4.78, 5) is 11.3. The Morgan fingerprint density at radius 2 is 2.67 bits per heavy atom. The van der Waals surface area contributed by atoms with E-state index in [0.717, 1.165) is 0 Å². The Labute approximate surface area is 52.8 Å². The molecule has 1 rings (SSSR count). The van der Waals surface area contributed by atoms with Crippen LogP contribution < -0.4 is 5.32 Å². The second kappa shape index (κ2) is 2.28. The van der Waals surface area contributed by atoms with Gasteiger partial charge in [-0.25, -0.2) is 4.90 Å². The second-order valence-electron chi connectivity index (χ2n) is 1.97. The van der Waals surface area contributed by atoms with E-state index < -0.39 is 6.17 Å². The first-order valence-corrected chi connectivity index (χ1v) is 2.64. The number of nitro groups is 1. The quantitative estimate of drug-likeness (QED) is 0.374. The molecule has 0 amide bonds. The van der Waals surface area contributed by atoms with Crippen molar-refractivity contribution in [2.24, 2.45) is 0 Å². The summed E-state index contributed by atoms with van der Waals surface area (Å²) < 4.78 is 0. The van der Waals surface area contributed by atoms with Crippen LogP contribution in [0, 0.1) is 16.8 Å². The monoisotopic (exact) mass is 130 g/mol. The van der Waals surface area contributed by atoms with Crippen molar-refractivity contribution in [2.75, 3.05) is 13.6 Å². The van der Waals surface area contributed by atoms with Crippen LogP contribution >= 0.6 is 0 Å². The topological polar surface area (TPSA) is 58.4 Å². The van der Waals surface area contributed by atoms with Gasteiger partial charge in [0.15, 0.2) is 0 Å². The van der Waals surface area contributed by atoms with E-state index in [1.165, 1.54) is 0 Å². The van der Waals surface area contributed by atoms with Crippen LogP contribution in [0.2, 0.25) is 0 Å². The molecule has 51 valence electrons. The molecule has 1 radical (unpaired) electrons. The molecule has 0 spiro atoms. The third-order valence-electron chi connectivity index (χ3n) is 1.31. The van der Waals surface area contributed by atoms with E-state index in [1.54, 1.807) is 18.6 Å². The molecule has 9 heavy (non-hydrogen) atoms. The molecule has 1 aliphatic rings. The SMILES string of the molecule is CN1[CH]NCC1[N+](=O)[O-]. The lowest BCUT2D eigenvalue weighted by molar-refractivity contribution is -0.539. The Bertz CT molecular complexity index is 127. The molecule has 1 fully saturated rings. The first-order chi connectivity index (χ1) is 4.22. The summed E-state index contributed by atoms with van der Waals surface area (Å²) in [5.74, 6) is 0. The highest BCUT2D eigenvalue weighted by atomic mass is 16.6. The fourth-order valence-electron chi connectivity index (χ4n) is 0.755. The highest BCUT2D eigenvalue weighted by molar-refractivity contribution is 4.76. The molecule has 0 aliphatic carbocycles. The number of nitrogens with one attached hydrogen (secondary N) is 1. The smallest absolute Gasteiger partial charge is 0.281 e. The minimum Gasteiger partial charge on any atom is -0.291 e. The molecule has 1 aliphatic heterocycles. The molecule has 1 N–H and O–H groups in total. The normalized spacial score (nSPS) is 28.8. The molecular formula is C4H8N3O2. The lowest BCUT2D eigenvalue weighted by Crippen LogP contribution is -2.33. The van der Waals surface area contributed by atoms with Gasteiger partial charge in [0.1, 0.15) is 0 Å². The first kappa shape index (κ1) is 6.44. The highest BCUT2D eigenvalue weighted by Gasteiger charge is 2.30. The summed E-state index contributed by atoms with van der Waals surface area (Å²) in [6.45, 7) is 2.01. The van der Waals surface area contributed by atoms with E-state index in [1.807, 2.05) is 0 Å².